The van der Waals surface area contributed by atoms with Crippen molar-refractivity contribution in [2.75, 3.05) is 13.7 Å². The van der Waals surface area contributed by atoms with Crippen molar-refractivity contribution in [3.05, 3.63) is 54.0 Å². The zero-order chi connectivity index (χ0) is 18.5. The van der Waals surface area contributed by atoms with Crippen molar-refractivity contribution in [3.8, 4) is 11.5 Å². The first-order valence-electron chi connectivity index (χ1n) is 7.83. The van der Waals surface area contributed by atoms with Crippen LogP contribution in [0.1, 0.15) is 27.6 Å². The number of nitrogens with one attached hydrogen (secondary N) is 2. The van der Waals surface area contributed by atoms with E-state index in [0.717, 1.165) is 0 Å². The summed E-state index contributed by atoms with van der Waals surface area (Å²) in [4.78, 5) is 24.4. The molecule has 9 heteroatoms. The van der Waals surface area contributed by atoms with E-state index in [1.54, 1.807) is 34.9 Å². The van der Waals surface area contributed by atoms with E-state index in [2.05, 4.69) is 21.0 Å². The minimum absolute atomic E-state index is 0.319. The van der Waals surface area contributed by atoms with Crippen LogP contribution in [-0.4, -0.2) is 40.1 Å². The number of rotatable bonds is 5. The van der Waals surface area contributed by atoms with Gasteiger partial charge in [-0.05, 0) is 37.3 Å². The molecular formula is C17H17N5O4. The fourth-order valence-electron chi connectivity index (χ4n) is 2.30. The maximum Gasteiger partial charge on any atom is 0.271 e. The van der Waals surface area contributed by atoms with Crippen LogP contribution >= 0.6 is 0 Å². The number of benzene rings is 1. The fraction of sp³-hybridized carbons (Fsp3) is 0.176. The number of carbonyl (C=O) groups is 2. The average Bonchev–Trinajstić information content (AvgIpc) is 3.14. The van der Waals surface area contributed by atoms with E-state index in [1.165, 1.54) is 19.5 Å². The second kappa shape index (κ2) is 7.51. The van der Waals surface area contributed by atoms with Gasteiger partial charge in [0.2, 0.25) is 0 Å². The molecule has 0 spiro atoms. The van der Waals surface area contributed by atoms with E-state index in [1.807, 2.05) is 6.92 Å². The minimum atomic E-state index is -0.481. The molecule has 0 bridgehead atoms. The molecular weight excluding hydrogens is 338 g/mol. The van der Waals surface area contributed by atoms with Gasteiger partial charge in [0, 0.05) is 11.8 Å². The second-order valence-electron chi connectivity index (χ2n) is 5.22. The Kier molecular flexibility index (Phi) is 4.97. The molecule has 3 aromatic rings. The molecule has 2 heterocycles. The first-order chi connectivity index (χ1) is 12.6. The highest BCUT2D eigenvalue weighted by atomic mass is 16.5. The van der Waals surface area contributed by atoms with Crippen LogP contribution < -0.4 is 20.3 Å². The quantitative estimate of drug-likeness (QED) is 0.666. The van der Waals surface area contributed by atoms with Gasteiger partial charge in [0.15, 0.2) is 17.1 Å². The van der Waals surface area contributed by atoms with Crippen molar-refractivity contribution < 1.29 is 19.1 Å². The number of nitrogens with zero attached hydrogens (tertiary/aromatic N) is 3. The number of hydrogen-bond donors (Lipinski definition) is 2. The number of fused-ring (bicyclic) bond motifs is 1. The molecule has 0 aliphatic carbocycles. The van der Waals surface area contributed by atoms with E-state index in [0.29, 0.717) is 34.9 Å². The van der Waals surface area contributed by atoms with Crippen LogP contribution in [0.3, 0.4) is 0 Å². The second-order valence-corrected chi connectivity index (χ2v) is 5.22. The summed E-state index contributed by atoms with van der Waals surface area (Å²) in [5.41, 5.74) is 6.02. The monoisotopic (exact) mass is 355 g/mol. The summed E-state index contributed by atoms with van der Waals surface area (Å²) >= 11 is 0. The lowest BCUT2D eigenvalue weighted by atomic mass is 10.2. The number of aromatic nitrogens is 3. The average molecular weight is 355 g/mol. The highest BCUT2D eigenvalue weighted by molar-refractivity contribution is 5.99. The largest absolute Gasteiger partial charge is 0.493 e. The zero-order valence-corrected chi connectivity index (χ0v) is 14.2. The molecule has 0 saturated heterocycles. The summed E-state index contributed by atoms with van der Waals surface area (Å²) in [5.74, 6) is 0.0265. The standard InChI is InChI=1S/C17H17N5O4/c1-3-26-13-6-4-11(8-14(13)25-2)16(23)20-21-17(24)12-5-7-15-19-18-10-22(15)9-12/h4-10H,3H2,1-2H3,(H,20,23)(H,21,24). The molecule has 0 aliphatic rings. The molecule has 26 heavy (non-hydrogen) atoms. The van der Waals surface area contributed by atoms with Crippen LogP contribution in [0.4, 0.5) is 0 Å². The number of carbonyl (C=O) groups excluding carboxylic acids is 2. The van der Waals surface area contributed by atoms with E-state index < -0.39 is 11.8 Å². The van der Waals surface area contributed by atoms with Gasteiger partial charge in [0.1, 0.15) is 6.33 Å². The first kappa shape index (κ1) is 17.2. The third-order valence-corrected chi connectivity index (χ3v) is 3.57. The molecule has 134 valence electrons. The minimum Gasteiger partial charge on any atom is -0.493 e. The Bertz CT molecular complexity index is 953. The Labute approximate surface area is 148 Å². The summed E-state index contributed by atoms with van der Waals surface area (Å²) in [5, 5.41) is 7.60. The molecule has 0 unspecified atom stereocenters. The first-order valence-corrected chi connectivity index (χ1v) is 7.83. The molecule has 2 N–H and O–H groups in total. The summed E-state index contributed by atoms with van der Waals surface area (Å²) in [6.45, 7) is 2.33. The number of ether oxygens (including phenoxy) is 2. The molecule has 0 radical (unpaired) electrons. The maximum absolute atomic E-state index is 12.2. The van der Waals surface area contributed by atoms with Gasteiger partial charge in [-0.3, -0.25) is 24.8 Å². The fourth-order valence-corrected chi connectivity index (χ4v) is 2.30. The normalized spacial score (nSPS) is 10.4. The van der Waals surface area contributed by atoms with Gasteiger partial charge < -0.3 is 9.47 Å². The Morgan fingerprint density at radius 1 is 1.08 bits per heavy atom. The number of amides is 2. The van der Waals surface area contributed by atoms with Gasteiger partial charge in [-0.25, -0.2) is 0 Å². The lowest BCUT2D eigenvalue weighted by Crippen LogP contribution is -2.41. The van der Waals surface area contributed by atoms with Crippen LogP contribution in [-0.2, 0) is 0 Å². The Hall–Kier alpha value is -3.62. The van der Waals surface area contributed by atoms with Crippen LogP contribution in [0, 0.1) is 0 Å². The van der Waals surface area contributed by atoms with Gasteiger partial charge in [-0.15, -0.1) is 10.2 Å². The van der Waals surface area contributed by atoms with Crippen LogP contribution in [0.15, 0.2) is 42.9 Å². The van der Waals surface area contributed by atoms with Crippen molar-refractivity contribution in [1.29, 1.82) is 0 Å². The topological polar surface area (TPSA) is 107 Å². The van der Waals surface area contributed by atoms with E-state index >= 15 is 0 Å². The highest BCUT2D eigenvalue weighted by Crippen LogP contribution is 2.27. The molecule has 0 fully saturated rings. The maximum atomic E-state index is 12.2. The van der Waals surface area contributed by atoms with E-state index in [-0.39, 0.29) is 0 Å². The third-order valence-electron chi connectivity index (χ3n) is 3.57. The predicted octanol–water partition coefficient (Wildman–Crippen LogP) is 1.21. The summed E-state index contributed by atoms with van der Waals surface area (Å²) in [6, 6.07) is 8.00. The third kappa shape index (κ3) is 3.56. The van der Waals surface area contributed by atoms with Crippen molar-refractivity contribution in [2.45, 2.75) is 6.92 Å². The van der Waals surface area contributed by atoms with Crippen molar-refractivity contribution >= 4 is 17.5 Å². The van der Waals surface area contributed by atoms with Crippen LogP contribution in [0.5, 0.6) is 11.5 Å². The van der Waals surface area contributed by atoms with Crippen LogP contribution in [0.25, 0.3) is 5.65 Å². The molecule has 0 saturated carbocycles. The molecule has 9 nitrogen and oxygen atoms in total. The van der Waals surface area contributed by atoms with Crippen molar-refractivity contribution in [1.82, 2.24) is 25.4 Å². The van der Waals surface area contributed by atoms with Crippen LogP contribution in [0.2, 0.25) is 0 Å². The smallest absolute Gasteiger partial charge is 0.271 e. The number of hydrogen-bond acceptors (Lipinski definition) is 6. The number of hydrazine groups is 1. The lowest BCUT2D eigenvalue weighted by molar-refractivity contribution is 0.0846. The molecule has 0 aliphatic heterocycles. The molecule has 3 rings (SSSR count). The highest BCUT2D eigenvalue weighted by Gasteiger charge is 2.13. The summed E-state index contributed by atoms with van der Waals surface area (Å²) < 4.78 is 12.2. The van der Waals surface area contributed by atoms with Gasteiger partial charge >= 0.3 is 0 Å². The van der Waals surface area contributed by atoms with Gasteiger partial charge in [0.25, 0.3) is 11.8 Å². The molecule has 2 aromatic heterocycles. The predicted molar refractivity (Wildman–Crippen MR) is 92.1 cm³/mol. The van der Waals surface area contributed by atoms with Gasteiger partial charge in [0.05, 0.1) is 19.3 Å². The van der Waals surface area contributed by atoms with Crippen molar-refractivity contribution in [3.63, 3.8) is 0 Å². The molecule has 1 aromatic carbocycles. The van der Waals surface area contributed by atoms with E-state index in [9.17, 15) is 9.59 Å². The molecule has 2 amide bonds. The Morgan fingerprint density at radius 3 is 2.54 bits per heavy atom. The lowest BCUT2D eigenvalue weighted by Gasteiger charge is -2.11. The number of pyridine rings is 1. The zero-order valence-electron chi connectivity index (χ0n) is 14.2. The summed E-state index contributed by atoms with van der Waals surface area (Å²) in [7, 11) is 1.49. The Balaban J connectivity index is 1.67. The van der Waals surface area contributed by atoms with E-state index in [4.69, 9.17) is 9.47 Å². The molecule has 0 atom stereocenters. The van der Waals surface area contributed by atoms with Crippen molar-refractivity contribution in [2.24, 2.45) is 0 Å². The van der Waals surface area contributed by atoms with Gasteiger partial charge in [-0.1, -0.05) is 0 Å². The summed E-state index contributed by atoms with van der Waals surface area (Å²) in [6.07, 6.45) is 3.05. The Morgan fingerprint density at radius 2 is 1.81 bits per heavy atom. The van der Waals surface area contributed by atoms with Gasteiger partial charge in [-0.2, -0.15) is 0 Å². The number of methoxy groups -OCH3 is 1. The SMILES string of the molecule is CCOc1ccc(C(=O)NNC(=O)c2ccc3nncn3c2)cc1OC.